The SMILES string of the molecule is CC(C)(C)OC(=O)N1CCC(C(=O)c2ccc(OCc3ccccc3)cc2)CC1. The fourth-order valence-corrected chi connectivity index (χ4v) is 3.34. The monoisotopic (exact) mass is 395 g/mol. The van der Waals surface area contributed by atoms with Gasteiger partial charge in [-0.2, -0.15) is 0 Å². The molecule has 1 aliphatic heterocycles. The van der Waals surface area contributed by atoms with E-state index in [4.69, 9.17) is 9.47 Å². The number of carbonyl (C=O) groups is 2. The van der Waals surface area contributed by atoms with Gasteiger partial charge in [0, 0.05) is 24.6 Å². The summed E-state index contributed by atoms with van der Waals surface area (Å²) in [6.07, 6.45) is 1.01. The Morgan fingerprint density at radius 2 is 1.59 bits per heavy atom. The number of hydrogen-bond acceptors (Lipinski definition) is 4. The Labute approximate surface area is 172 Å². The largest absolute Gasteiger partial charge is 0.489 e. The lowest BCUT2D eigenvalue weighted by atomic mass is 9.89. The lowest BCUT2D eigenvalue weighted by Gasteiger charge is -2.33. The Kier molecular flexibility index (Phi) is 6.57. The molecule has 3 rings (SSSR count). The van der Waals surface area contributed by atoms with Crippen molar-refractivity contribution in [3.8, 4) is 5.75 Å². The summed E-state index contributed by atoms with van der Waals surface area (Å²) in [4.78, 5) is 26.7. The third kappa shape index (κ3) is 6.08. The summed E-state index contributed by atoms with van der Waals surface area (Å²) in [5.41, 5.74) is 1.28. The highest BCUT2D eigenvalue weighted by molar-refractivity contribution is 5.98. The molecule has 2 aromatic carbocycles. The van der Waals surface area contributed by atoms with Crippen LogP contribution < -0.4 is 4.74 Å². The van der Waals surface area contributed by atoms with E-state index in [2.05, 4.69) is 0 Å². The van der Waals surface area contributed by atoms with E-state index in [1.807, 2.05) is 75.4 Å². The van der Waals surface area contributed by atoms with Gasteiger partial charge in [0.05, 0.1) is 0 Å². The fourth-order valence-electron chi connectivity index (χ4n) is 3.34. The molecule has 0 radical (unpaired) electrons. The van der Waals surface area contributed by atoms with E-state index in [-0.39, 0.29) is 17.8 Å². The number of hydrogen-bond donors (Lipinski definition) is 0. The number of rotatable bonds is 5. The first kappa shape index (κ1) is 20.9. The zero-order chi connectivity index (χ0) is 20.9. The molecule has 0 spiro atoms. The zero-order valence-corrected chi connectivity index (χ0v) is 17.4. The lowest BCUT2D eigenvalue weighted by Crippen LogP contribution is -2.43. The van der Waals surface area contributed by atoms with Crippen molar-refractivity contribution in [1.29, 1.82) is 0 Å². The summed E-state index contributed by atoms with van der Waals surface area (Å²) in [6, 6.07) is 17.3. The van der Waals surface area contributed by atoms with Crippen molar-refractivity contribution in [2.24, 2.45) is 5.92 Å². The van der Waals surface area contributed by atoms with Crippen molar-refractivity contribution in [1.82, 2.24) is 4.90 Å². The van der Waals surface area contributed by atoms with E-state index in [9.17, 15) is 9.59 Å². The molecule has 5 heteroatoms. The van der Waals surface area contributed by atoms with Gasteiger partial charge in [-0.3, -0.25) is 4.79 Å². The number of nitrogens with zero attached hydrogens (tertiary/aromatic N) is 1. The zero-order valence-electron chi connectivity index (χ0n) is 17.4. The number of Topliss-reactive ketones (excluding diaryl/α,β-unsaturated/α-hetero) is 1. The van der Waals surface area contributed by atoms with Crippen LogP contribution in [0.1, 0.15) is 49.5 Å². The van der Waals surface area contributed by atoms with Gasteiger partial charge in [0.25, 0.3) is 0 Å². The Bertz CT molecular complexity index is 816. The second-order valence-corrected chi connectivity index (χ2v) is 8.40. The summed E-state index contributed by atoms with van der Waals surface area (Å²) < 4.78 is 11.2. The van der Waals surface area contributed by atoms with Crippen LogP contribution in [-0.4, -0.2) is 35.5 Å². The first-order chi connectivity index (χ1) is 13.8. The van der Waals surface area contributed by atoms with Crippen molar-refractivity contribution in [3.05, 3.63) is 65.7 Å². The highest BCUT2D eigenvalue weighted by atomic mass is 16.6. The molecule has 29 heavy (non-hydrogen) atoms. The van der Waals surface area contributed by atoms with Gasteiger partial charge in [-0.25, -0.2) is 4.79 Å². The number of carbonyl (C=O) groups excluding carboxylic acids is 2. The molecule has 1 fully saturated rings. The van der Waals surface area contributed by atoms with E-state index >= 15 is 0 Å². The molecule has 0 unspecified atom stereocenters. The summed E-state index contributed by atoms with van der Waals surface area (Å²) in [6.45, 7) is 7.15. The van der Waals surface area contributed by atoms with Crippen molar-refractivity contribution in [3.63, 3.8) is 0 Å². The molecule has 154 valence electrons. The van der Waals surface area contributed by atoms with E-state index < -0.39 is 5.60 Å². The van der Waals surface area contributed by atoms with Crippen molar-refractivity contribution < 1.29 is 19.1 Å². The number of likely N-dealkylation sites (tertiary alicyclic amines) is 1. The highest BCUT2D eigenvalue weighted by Gasteiger charge is 2.30. The van der Waals surface area contributed by atoms with Crippen LogP contribution in [0.3, 0.4) is 0 Å². The van der Waals surface area contributed by atoms with E-state index in [1.54, 1.807) is 4.90 Å². The highest BCUT2D eigenvalue weighted by Crippen LogP contribution is 2.24. The van der Waals surface area contributed by atoms with Crippen molar-refractivity contribution >= 4 is 11.9 Å². The van der Waals surface area contributed by atoms with Crippen molar-refractivity contribution in [2.45, 2.75) is 45.8 Å². The molecule has 2 aromatic rings. The maximum atomic E-state index is 12.8. The molecule has 1 amide bonds. The predicted molar refractivity (Wildman–Crippen MR) is 112 cm³/mol. The van der Waals surface area contributed by atoms with Gasteiger partial charge in [0.1, 0.15) is 18.0 Å². The van der Waals surface area contributed by atoms with Crippen LogP contribution in [0.4, 0.5) is 4.79 Å². The van der Waals surface area contributed by atoms with E-state index in [0.29, 0.717) is 38.1 Å². The molecule has 5 nitrogen and oxygen atoms in total. The second kappa shape index (κ2) is 9.12. The van der Waals surface area contributed by atoms with Crippen LogP contribution in [0.2, 0.25) is 0 Å². The van der Waals surface area contributed by atoms with E-state index in [0.717, 1.165) is 11.3 Å². The molecule has 1 aliphatic rings. The van der Waals surface area contributed by atoms with Crippen LogP contribution >= 0.6 is 0 Å². The molecule has 0 aromatic heterocycles. The summed E-state index contributed by atoms with van der Waals surface area (Å²) in [5.74, 6) is 0.804. The van der Waals surface area contributed by atoms with Gasteiger partial charge >= 0.3 is 6.09 Å². The molecular weight excluding hydrogens is 366 g/mol. The first-order valence-corrected chi connectivity index (χ1v) is 10.1. The molecular formula is C24H29NO4. The van der Waals surface area contributed by atoms with Gasteiger partial charge in [-0.1, -0.05) is 30.3 Å². The normalized spacial score (nSPS) is 15.1. The Balaban J connectivity index is 1.50. The number of piperidine rings is 1. The Morgan fingerprint density at radius 3 is 2.17 bits per heavy atom. The first-order valence-electron chi connectivity index (χ1n) is 10.1. The van der Waals surface area contributed by atoms with Gasteiger partial charge in [-0.05, 0) is 63.4 Å². The minimum absolute atomic E-state index is 0.0650. The number of benzene rings is 2. The quantitative estimate of drug-likeness (QED) is 0.661. The average molecular weight is 395 g/mol. The third-order valence-electron chi connectivity index (χ3n) is 4.90. The second-order valence-electron chi connectivity index (χ2n) is 8.40. The minimum atomic E-state index is -0.506. The Morgan fingerprint density at radius 1 is 0.966 bits per heavy atom. The molecule has 0 bridgehead atoms. The summed E-state index contributed by atoms with van der Waals surface area (Å²) >= 11 is 0. The molecule has 1 heterocycles. The van der Waals surface area contributed by atoms with Crippen LogP contribution in [0.25, 0.3) is 0 Å². The molecule has 0 aliphatic carbocycles. The number of amides is 1. The van der Waals surface area contributed by atoms with Gasteiger partial charge in [0.15, 0.2) is 5.78 Å². The molecule has 0 saturated carbocycles. The lowest BCUT2D eigenvalue weighted by molar-refractivity contribution is 0.0182. The average Bonchev–Trinajstić information content (AvgIpc) is 2.72. The third-order valence-corrected chi connectivity index (χ3v) is 4.90. The van der Waals surface area contributed by atoms with Gasteiger partial charge < -0.3 is 14.4 Å². The molecule has 0 N–H and O–H groups in total. The summed E-state index contributed by atoms with van der Waals surface area (Å²) in [7, 11) is 0. The minimum Gasteiger partial charge on any atom is -0.489 e. The van der Waals surface area contributed by atoms with Crippen LogP contribution in [0.15, 0.2) is 54.6 Å². The Hall–Kier alpha value is -2.82. The van der Waals surface area contributed by atoms with Crippen LogP contribution in [0, 0.1) is 5.92 Å². The standard InChI is InChI=1S/C24H29NO4/c1-24(2,3)29-23(27)25-15-13-20(14-16-25)22(26)19-9-11-21(12-10-19)28-17-18-7-5-4-6-8-18/h4-12,20H,13-17H2,1-3H3. The van der Waals surface area contributed by atoms with Gasteiger partial charge in [0.2, 0.25) is 0 Å². The fraction of sp³-hybridized carbons (Fsp3) is 0.417. The topological polar surface area (TPSA) is 55.8 Å². The van der Waals surface area contributed by atoms with E-state index in [1.165, 1.54) is 0 Å². The number of ketones is 1. The maximum absolute atomic E-state index is 12.8. The molecule has 1 saturated heterocycles. The van der Waals surface area contributed by atoms with Gasteiger partial charge in [-0.15, -0.1) is 0 Å². The van der Waals surface area contributed by atoms with Crippen molar-refractivity contribution in [2.75, 3.05) is 13.1 Å². The predicted octanol–water partition coefficient (Wildman–Crippen LogP) is 5.10. The molecule has 0 atom stereocenters. The van der Waals surface area contributed by atoms with Crippen LogP contribution in [-0.2, 0) is 11.3 Å². The number of ether oxygens (including phenoxy) is 2. The van der Waals surface area contributed by atoms with Crippen LogP contribution in [0.5, 0.6) is 5.75 Å². The summed E-state index contributed by atoms with van der Waals surface area (Å²) in [5, 5.41) is 0. The smallest absolute Gasteiger partial charge is 0.410 e. The maximum Gasteiger partial charge on any atom is 0.410 e.